The Morgan fingerprint density at radius 1 is 1.22 bits per heavy atom. The van der Waals surface area contributed by atoms with Crippen LogP contribution in [0.25, 0.3) is 0 Å². The SMILES string of the molecule is CN=C(NCCCOCC1CCCO1)NCCN1CCN(C(C)=O)CC1.I. The lowest BCUT2D eigenvalue weighted by molar-refractivity contribution is -0.130. The smallest absolute Gasteiger partial charge is 0.219 e. The highest BCUT2D eigenvalue weighted by molar-refractivity contribution is 14.0. The van der Waals surface area contributed by atoms with Gasteiger partial charge in [0.05, 0.1) is 12.7 Å². The van der Waals surface area contributed by atoms with Gasteiger partial charge in [-0.05, 0) is 19.3 Å². The summed E-state index contributed by atoms with van der Waals surface area (Å²) in [6.07, 6.45) is 3.53. The second-order valence-electron chi connectivity index (χ2n) is 6.84. The molecule has 9 heteroatoms. The summed E-state index contributed by atoms with van der Waals surface area (Å²) in [5.74, 6) is 0.999. The molecule has 2 aliphatic heterocycles. The van der Waals surface area contributed by atoms with Gasteiger partial charge in [-0.1, -0.05) is 0 Å². The van der Waals surface area contributed by atoms with E-state index in [1.54, 1.807) is 14.0 Å². The summed E-state index contributed by atoms with van der Waals surface area (Å²) in [7, 11) is 1.79. The van der Waals surface area contributed by atoms with Gasteiger partial charge in [0, 0.05) is 73.0 Å². The van der Waals surface area contributed by atoms with Crippen LogP contribution < -0.4 is 10.6 Å². The van der Waals surface area contributed by atoms with Crippen LogP contribution in [0.4, 0.5) is 0 Å². The maximum absolute atomic E-state index is 11.3. The summed E-state index contributed by atoms with van der Waals surface area (Å²) in [5.41, 5.74) is 0. The summed E-state index contributed by atoms with van der Waals surface area (Å²) >= 11 is 0. The van der Waals surface area contributed by atoms with Crippen molar-refractivity contribution in [3.63, 3.8) is 0 Å². The van der Waals surface area contributed by atoms with Gasteiger partial charge >= 0.3 is 0 Å². The van der Waals surface area contributed by atoms with Gasteiger partial charge in [0.2, 0.25) is 5.91 Å². The van der Waals surface area contributed by atoms with E-state index in [4.69, 9.17) is 9.47 Å². The molecule has 1 unspecified atom stereocenters. The number of carbonyl (C=O) groups excluding carboxylic acids is 1. The highest BCUT2D eigenvalue weighted by Crippen LogP contribution is 2.11. The first-order chi connectivity index (χ1) is 12.7. The number of rotatable bonds is 9. The van der Waals surface area contributed by atoms with Gasteiger partial charge in [0.1, 0.15) is 0 Å². The highest BCUT2D eigenvalue weighted by atomic mass is 127. The second kappa shape index (κ2) is 14.4. The lowest BCUT2D eigenvalue weighted by Gasteiger charge is -2.34. The molecule has 2 aliphatic rings. The lowest BCUT2D eigenvalue weighted by Crippen LogP contribution is -2.50. The molecular weight excluding hydrogens is 461 g/mol. The van der Waals surface area contributed by atoms with Crippen LogP contribution in [0.3, 0.4) is 0 Å². The van der Waals surface area contributed by atoms with Crippen molar-refractivity contribution in [3.8, 4) is 0 Å². The fourth-order valence-electron chi connectivity index (χ4n) is 3.21. The van der Waals surface area contributed by atoms with Gasteiger partial charge in [-0.15, -0.1) is 24.0 Å². The Morgan fingerprint density at radius 2 is 1.96 bits per heavy atom. The van der Waals surface area contributed by atoms with Crippen LogP contribution in [0.1, 0.15) is 26.2 Å². The first kappa shape index (κ1) is 24.4. The Labute approximate surface area is 180 Å². The van der Waals surface area contributed by atoms with Crippen molar-refractivity contribution in [1.82, 2.24) is 20.4 Å². The number of carbonyl (C=O) groups is 1. The van der Waals surface area contributed by atoms with Crippen molar-refractivity contribution < 1.29 is 14.3 Å². The van der Waals surface area contributed by atoms with E-state index in [0.717, 1.165) is 84.2 Å². The third kappa shape index (κ3) is 9.91. The average Bonchev–Trinajstić information content (AvgIpc) is 3.17. The number of hydrogen-bond acceptors (Lipinski definition) is 5. The van der Waals surface area contributed by atoms with Crippen molar-refractivity contribution in [2.75, 3.05) is 72.7 Å². The molecule has 0 bridgehead atoms. The molecule has 0 aromatic carbocycles. The standard InChI is InChI=1S/C18H35N5O3.HI/c1-16(24)23-11-9-22(10-12-23)8-7-21-18(19-2)20-6-4-13-25-15-17-5-3-14-26-17;/h17H,3-15H2,1-2H3,(H2,19,20,21);1H. The molecule has 2 N–H and O–H groups in total. The van der Waals surface area contributed by atoms with E-state index in [1.165, 1.54) is 0 Å². The summed E-state index contributed by atoms with van der Waals surface area (Å²) in [4.78, 5) is 19.9. The predicted molar refractivity (Wildman–Crippen MR) is 118 cm³/mol. The molecule has 0 aromatic heterocycles. The first-order valence-corrected chi connectivity index (χ1v) is 9.81. The number of piperazine rings is 1. The zero-order valence-corrected chi connectivity index (χ0v) is 19.1. The zero-order chi connectivity index (χ0) is 18.6. The molecule has 158 valence electrons. The van der Waals surface area contributed by atoms with Gasteiger partial charge in [0.25, 0.3) is 0 Å². The number of nitrogens with one attached hydrogen (secondary N) is 2. The summed E-state index contributed by atoms with van der Waals surface area (Å²) in [5, 5.41) is 6.66. The van der Waals surface area contributed by atoms with Crippen LogP contribution in [-0.2, 0) is 14.3 Å². The van der Waals surface area contributed by atoms with Crippen LogP contribution in [-0.4, -0.2) is 100 Å². The minimum Gasteiger partial charge on any atom is -0.379 e. The fourth-order valence-corrected chi connectivity index (χ4v) is 3.21. The van der Waals surface area contributed by atoms with Crippen molar-refractivity contribution in [3.05, 3.63) is 0 Å². The van der Waals surface area contributed by atoms with E-state index < -0.39 is 0 Å². The Morgan fingerprint density at radius 3 is 2.59 bits per heavy atom. The van der Waals surface area contributed by atoms with E-state index in [9.17, 15) is 4.79 Å². The number of ether oxygens (including phenoxy) is 2. The Bertz CT molecular complexity index is 439. The van der Waals surface area contributed by atoms with Crippen molar-refractivity contribution in [1.29, 1.82) is 0 Å². The fraction of sp³-hybridized carbons (Fsp3) is 0.889. The zero-order valence-electron chi connectivity index (χ0n) is 16.7. The van der Waals surface area contributed by atoms with Crippen LogP contribution in [0.5, 0.6) is 0 Å². The molecule has 0 spiro atoms. The quantitative estimate of drug-likeness (QED) is 0.209. The average molecular weight is 497 g/mol. The summed E-state index contributed by atoms with van der Waals surface area (Å²) in [6.45, 7) is 10.1. The second-order valence-corrected chi connectivity index (χ2v) is 6.84. The molecule has 2 fully saturated rings. The number of hydrogen-bond donors (Lipinski definition) is 2. The molecule has 2 rings (SSSR count). The van der Waals surface area contributed by atoms with Crippen LogP contribution >= 0.6 is 24.0 Å². The van der Waals surface area contributed by atoms with Crippen molar-refractivity contribution >= 4 is 35.8 Å². The Kier molecular flexibility index (Phi) is 13.0. The van der Waals surface area contributed by atoms with E-state index >= 15 is 0 Å². The number of nitrogens with zero attached hydrogens (tertiary/aromatic N) is 3. The molecule has 27 heavy (non-hydrogen) atoms. The van der Waals surface area contributed by atoms with E-state index in [2.05, 4.69) is 20.5 Å². The van der Waals surface area contributed by atoms with Crippen LogP contribution in [0.15, 0.2) is 4.99 Å². The van der Waals surface area contributed by atoms with Crippen molar-refractivity contribution in [2.45, 2.75) is 32.3 Å². The topological polar surface area (TPSA) is 78.4 Å². The van der Waals surface area contributed by atoms with Crippen LogP contribution in [0.2, 0.25) is 0 Å². The van der Waals surface area contributed by atoms with Gasteiger partial charge in [-0.3, -0.25) is 14.7 Å². The van der Waals surface area contributed by atoms with Crippen LogP contribution in [0, 0.1) is 0 Å². The molecule has 0 saturated carbocycles. The lowest BCUT2D eigenvalue weighted by atomic mass is 10.2. The Hall–Kier alpha value is -0.650. The minimum atomic E-state index is 0. The predicted octanol–water partition coefficient (Wildman–Crippen LogP) is 0.519. The number of halogens is 1. The maximum Gasteiger partial charge on any atom is 0.219 e. The first-order valence-electron chi connectivity index (χ1n) is 9.81. The molecule has 2 saturated heterocycles. The molecule has 0 aromatic rings. The number of aliphatic imine (C=N–C) groups is 1. The molecule has 2 heterocycles. The third-order valence-corrected chi connectivity index (χ3v) is 4.85. The monoisotopic (exact) mass is 497 g/mol. The van der Waals surface area contributed by atoms with Gasteiger partial charge < -0.3 is 25.0 Å². The molecule has 0 radical (unpaired) electrons. The molecule has 0 aliphatic carbocycles. The number of amides is 1. The minimum absolute atomic E-state index is 0. The van der Waals surface area contributed by atoms with Gasteiger partial charge in [0.15, 0.2) is 5.96 Å². The summed E-state index contributed by atoms with van der Waals surface area (Å²) in [6, 6.07) is 0. The van der Waals surface area contributed by atoms with Crippen molar-refractivity contribution in [2.24, 2.45) is 4.99 Å². The largest absolute Gasteiger partial charge is 0.379 e. The maximum atomic E-state index is 11.3. The third-order valence-electron chi connectivity index (χ3n) is 4.85. The normalized spacial score (nSPS) is 21.0. The summed E-state index contributed by atoms with van der Waals surface area (Å²) < 4.78 is 11.2. The van der Waals surface area contributed by atoms with Gasteiger partial charge in [-0.2, -0.15) is 0 Å². The Balaban J connectivity index is 0.00000364. The molecular formula is C18H36IN5O3. The van der Waals surface area contributed by atoms with E-state index in [0.29, 0.717) is 12.7 Å². The molecule has 8 nitrogen and oxygen atoms in total. The molecule has 1 amide bonds. The van der Waals surface area contributed by atoms with E-state index in [-0.39, 0.29) is 29.9 Å². The number of guanidine groups is 1. The van der Waals surface area contributed by atoms with Gasteiger partial charge in [-0.25, -0.2) is 0 Å². The highest BCUT2D eigenvalue weighted by Gasteiger charge is 2.18. The molecule has 1 atom stereocenters. The van der Waals surface area contributed by atoms with E-state index in [1.807, 2.05) is 4.90 Å².